The van der Waals surface area contributed by atoms with Crippen molar-refractivity contribution in [1.82, 2.24) is 0 Å². The van der Waals surface area contributed by atoms with Crippen LogP contribution in [-0.4, -0.2) is 29.8 Å². The molecule has 0 aromatic heterocycles. The van der Waals surface area contributed by atoms with Gasteiger partial charge < -0.3 is 9.84 Å². The molecule has 0 radical (unpaired) electrons. The lowest BCUT2D eigenvalue weighted by Gasteiger charge is -2.61. The number of alkyl halides is 1. The summed E-state index contributed by atoms with van der Waals surface area (Å²) in [4.78, 5) is 0. The highest BCUT2D eigenvalue weighted by Crippen LogP contribution is 2.68. The van der Waals surface area contributed by atoms with Gasteiger partial charge in [-0.05, 0) is 86.9 Å². The summed E-state index contributed by atoms with van der Waals surface area (Å²) in [7, 11) is 1.88. The fraction of sp³-hybridized carbons (Fsp3) is 1.00. The summed E-state index contributed by atoms with van der Waals surface area (Å²) in [6.07, 6.45) is 11.0. The van der Waals surface area contributed by atoms with Gasteiger partial charge in [-0.2, -0.15) is 0 Å². The van der Waals surface area contributed by atoms with E-state index in [0.29, 0.717) is 11.3 Å². The highest BCUT2D eigenvalue weighted by molar-refractivity contribution is 6.18. The van der Waals surface area contributed by atoms with E-state index < -0.39 is 0 Å². The van der Waals surface area contributed by atoms with Crippen LogP contribution in [0.4, 0.5) is 0 Å². The second-order valence-corrected chi connectivity index (χ2v) is 10.2. The Balaban J connectivity index is 1.63. The molecule has 0 spiro atoms. The minimum atomic E-state index is -0.106. The van der Waals surface area contributed by atoms with Gasteiger partial charge in [-0.1, -0.05) is 13.8 Å². The molecular weight excluding hydrogens is 320 g/mol. The molecule has 4 rings (SSSR count). The lowest BCUT2D eigenvalue weighted by molar-refractivity contribution is -0.160. The van der Waals surface area contributed by atoms with Gasteiger partial charge in [0.1, 0.15) is 0 Å². The number of aliphatic hydroxyl groups excluding tert-OH is 1. The molecule has 0 amide bonds. The predicted octanol–water partition coefficient (Wildman–Crippen LogP) is 5.01. The summed E-state index contributed by atoms with van der Waals surface area (Å²) >= 11 is 6.45. The number of hydrogen-bond donors (Lipinski definition) is 1. The van der Waals surface area contributed by atoms with Crippen LogP contribution >= 0.6 is 11.6 Å². The van der Waals surface area contributed by atoms with Gasteiger partial charge in [0.2, 0.25) is 0 Å². The van der Waals surface area contributed by atoms with Crippen molar-refractivity contribution in [2.24, 2.45) is 34.5 Å². The van der Waals surface area contributed by atoms with Crippen LogP contribution in [0.2, 0.25) is 0 Å². The van der Waals surface area contributed by atoms with Crippen LogP contribution in [0.15, 0.2) is 0 Å². The maximum Gasteiger partial charge on any atom is 0.0869 e. The monoisotopic (exact) mass is 354 g/mol. The van der Waals surface area contributed by atoms with Crippen molar-refractivity contribution in [2.45, 2.75) is 83.3 Å². The summed E-state index contributed by atoms with van der Waals surface area (Å²) in [5, 5.41) is 10.2. The average molecular weight is 355 g/mol. The molecule has 1 N–H and O–H groups in total. The van der Waals surface area contributed by atoms with Gasteiger partial charge in [0.25, 0.3) is 0 Å². The van der Waals surface area contributed by atoms with E-state index >= 15 is 0 Å². The van der Waals surface area contributed by atoms with Crippen molar-refractivity contribution < 1.29 is 9.84 Å². The van der Waals surface area contributed by atoms with E-state index in [1.54, 1.807) is 0 Å². The third kappa shape index (κ3) is 2.15. The van der Waals surface area contributed by atoms with Gasteiger partial charge in [0, 0.05) is 12.5 Å². The molecule has 2 nitrogen and oxygen atoms in total. The zero-order chi connectivity index (χ0) is 17.2. The SMILES string of the molecule is COC1(CCl)CC[C@H]2[C@@H]3CCC4CC(O)CC[C@]4(C)[C@@H]3CC[C@@]21C. The Hall–Kier alpha value is 0.210. The van der Waals surface area contributed by atoms with E-state index in [2.05, 4.69) is 13.8 Å². The van der Waals surface area contributed by atoms with Crippen LogP contribution in [0.3, 0.4) is 0 Å². The summed E-state index contributed by atoms with van der Waals surface area (Å²) < 4.78 is 6.08. The third-order valence-corrected chi connectivity index (χ3v) is 9.97. The van der Waals surface area contributed by atoms with Crippen molar-refractivity contribution in [2.75, 3.05) is 13.0 Å². The number of aliphatic hydroxyl groups is 1. The lowest BCUT2D eigenvalue weighted by Crippen LogP contribution is -2.57. The smallest absolute Gasteiger partial charge is 0.0869 e. The molecule has 0 bridgehead atoms. The Bertz CT molecular complexity index is 490. The van der Waals surface area contributed by atoms with E-state index in [-0.39, 0.29) is 17.1 Å². The Labute approximate surface area is 152 Å². The molecule has 138 valence electrons. The Morgan fingerprint density at radius 2 is 1.75 bits per heavy atom. The summed E-state index contributed by atoms with van der Waals surface area (Å²) in [5.74, 6) is 3.86. The molecule has 8 atom stereocenters. The van der Waals surface area contributed by atoms with Gasteiger partial charge in [-0.3, -0.25) is 0 Å². The number of rotatable bonds is 2. The van der Waals surface area contributed by atoms with E-state index in [9.17, 15) is 5.11 Å². The molecule has 4 aliphatic rings. The van der Waals surface area contributed by atoms with Crippen molar-refractivity contribution >= 4 is 11.6 Å². The third-order valence-electron chi connectivity index (χ3n) is 9.53. The van der Waals surface area contributed by atoms with E-state index in [4.69, 9.17) is 16.3 Å². The van der Waals surface area contributed by atoms with Crippen molar-refractivity contribution in [3.63, 3.8) is 0 Å². The van der Waals surface area contributed by atoms with Crippen LogP contribution in [0.25, 0.3) is 0 Å². The molecule has 0 aliphatic heterocycles. The molecule has 0 saturated heterocycles. The average Bonchev–Trinajstić information content (AvgIpc) is 2.88. The molecule has 3 heteroatoms. The Morgan fingerprint density at radius 3 is 2.46 bits per heavy atom. The topological polar surface area (TPSA) is 29.5 Å². The lowest BCUT2D eigenvalue weighted by atomic mass is 9.44. The van der Waals surface area contributed by atoms with Gasteiger partial charge >= 0.3 is 0 Å². The molecule has 24 heavy (non-hydrogen) atoms. The van der Waals surface area contributed by atoms with Crippen molar-refractivity contribution in [3.8, 4) is 0 Å². The molecule has 0 heterocycles. The first-order valence-corrected chi connectivity index (χ1v) is 10.7. The number of hydrogen-bond acceptors (Lipinski definition) is 2. The van der Waals surface area contributed by atoms with Gasteiger partial charge in [-0.15, -0.1) is 11.6 Å². The second kappa shape index (κ2) is 5.86. The number of ether oxygens (including phenoxy) is 1. The zero-order valence-electron chi connectivity index (χ0n) is 15.7. The molecule has 4 saturated carbocycles. The molecular formula is C21H35ClO2. The second-order valence-electron chi connectivity index (χ2n) is 9.91. The number of halogens is 1. The van der Waals surface area contributed by atoms with Crippen molar-refractivity contribution in [3.05, 3.63) is 0 Å². The first-order chi connectivity index (χ1) is 11.4. The van der Waals surface area contributed by atoms with Gasteiger partial charge in [0.15, 0.2) is 0 Å². The molecule has 0 aromatic rings. The Kier molecular flexibility index (Phi) is 4.30. The van der Waals surface area contributed by atoms with Crippen LogP contribution in [0.5, 0.6) is 0 Å². The zero-order valence-corrected chi connectivity index (χ0v) is 16.4. The fourth-order valence-corrected chi connectivity index (χ4v) is 8.49. The summed E-state index contributed by atoms with van der Waals surface area (Å²) in [5.41, 5.74) is 0.607. The normalized spacial score (nSPS) is 57.1. The molecule has 4 aliphatic carbocycles. The van der Waals surface area contributed by atoms with Gasteiger partial charge in [-0.25, -0.2) is 0 Å². The van der Waals surface area contributed by atoms with E-state index in [0.717, 1.165) is 42.9 Å². The number of fused-ring (bicyclic) bond motifs is 5. The molecule has 0 aromatic carbocycles. The summed E-state index contributed by atoms with van der Waals surface area (Å²) in [6, 6.07) is 0. The molecule has 4 fully saturated rings. The first kappa shape index (κ1) is 17.6. The number of methoxy groups -OCH3 is 1. The maximum absolute atomic E-state index is 10.2. The standard InChI is InChI=1S/C21H35ClO2/c1-19-9-6-15(23)12-14(19)4-5-16-17(19)7-10-20(2)18(16)8-11-21(20,13-22)24-3/h14-18,23H,4-13H2,1-3H3/t14?,15?,16-,17-,18+,19+,20+,21?/m1/s1. The van der Waals surface area contributed by atoms with E-state index in [1.807, 2.05) is 7.11 Å². The van der Waals surface area contributed by atoms with E-state index in [1.165, 1.54) is 38.5 Å². The summed E-state index contributed by atoms with van der Waals surface area (Å²) in [6.45, 7) is 5.04. The van der Waals surface area contributed by atoms with Crippen LogP contribution < -0.4 is 0 Å². The largest absolute Gasteiger partial charge is 0.393 e. The minimum absolute atomic E-state index is 0.0441. The van der Waals surface area contributed by atoms with Crippen LogP contribution in [-0.2, 0) is 4.74 Å². The Morgan fingerprint density at radius 1 is 1.00 bits per heavy atom. The molecule has 3 unspecified atom stereocenters. The van der Waals surface area contributed by atoms with Crippen molar-refractivity contribution in [1.29, 1.82) is 0 Å². The fourth-order valence-electron chi connectivity index (χ4n) is 7.94. The minimum Gasteiger partial charge on any atom is -0.393 e. The highest BCUT2D eigenvalue weighted by Gasteiger charge is 2.64. The quantitative estimate of drug-likeness (QED) is 0.706. The van der Waals surface area contributed by atoms with Crippen LogP contribution in [0.1, 0.15) is 71.6 Å². The van der Waals surface area contributed by atoms with Crippen LogP contribution in [0, 0.1) is 34.5 Å². The first-order valence-electron chi connectivity index (χ1n) is 10.2. The highest BCUT2D eigenvalue weighted by atomic mass is 35.5. The predicted molar refractivity (Wildman–Crippen MR) is 98.2 cm³/mol. The maximum atomic E-state index is 10.2. The van der Waals surface area contributed by atoms with Gasteiger partial charge in [0.05, 0.1) is 17.6 Å².